The number of benzene rings is 1. The first-order valence-electron chi connectivity index (χ1n) is 7.37. The summed E-state index contributed by atoms with van der Waals surface area (Å²) < 4.78 is 35.4. The van der Waals surface area contributed by atoms with Crippen molar-refractivity contribution in [2.45, 2.75) is 36.9 Å². The molecule has 0 fully saturated rings. The number of nitrogens with zero attached hydrogens (tertiary/aromatic N) is 2. The minimum atomic E-state index is -3.86. The summed E-state index contributed by atoms with van der Waals surface area (Å²) in [4.78, 5) is 0. The Labute approximate surface area is 145 Å². The smallest absolute Gasteiger partial charge is 0.259 e. The van der Waals surface area contributed by atoms with E-state index in [1.807, 2.05) is 13.8 Å². The fourth-order valence-electron chi connectivity index (χ4n) is 2.92. The summed E-state index contributed by atoms with van der Waals surface area (Å²) >= 11 is 5.98. The number of rotatable bonds is 3. The van der Waals surface area contributed by atoms with Crippen molar-refractivity contribution >= 4 is 27.3 Å². The third-order valence-corrected chi connectivity index (χ3v) is 5.86. The van der Waals surface area contributed by atoms with Crippen LogP contribution in [0.1, 0.15) is 31.9 Å². The Balaban J connectivity index is 2.02. The number of anilines is 1. The lowest BCUT2D eigenvalue weighted by molar-refractivity contribution is 0.0702. The number of nitrogen functional groups attached to an aromatic ring is 1. The van der Waals surface area contributed by atoms with Gasteiger partial charge in [-0.1, -0.05) is 11.6 Å². The van der Waals surface area contributed by atoms with Gasteiger partial charge in [0.05, 0.1) is 17.3 Å². The summed E-state index contributed by atoms with van der Waals surface area (Å²) in [6, 6.07) is 4.72. The predicted octanol–water partition coefficient (Wildman–Crippen LogP) is 2.24. The molecule has 0 bridgehead atoms. The first-order chi connectivity index (χ1) is 11.1. The lowest BCUT2D eigenvalue weighted by Gasteiger charge is -2.37. The molecule has 3 N–H and O–H groups in total. The Hall–Kier alpha value is -1.77. The second kappa shape index (κ2) is 5.65. The molecule has 0 amide bonds. The van der Waals surface area contributed by atoms with Gasteiger partial charge in [-0.15, -0.1) is 0 Å². The lowest BCUT2D eigenvalue weighted by Crippen LogP contribution is -2.41. The van der Waals surface area contributed by atoms with Gasteiger partial charge >= 0.3 is 0 Å². The van der Waals surface area contributed by atoms with Crippen LogP contribution >= 0.6 is 11.6 Å². The zero-order valence-corrected chi connectivity index (χ0v) is 15.1. The van der Waals surface area contributed by atoms with Gasteiger partial charge in [0, 0.05) is 24.7 Å². The van der Waals surface area contributed by atoms with Crippen LogP contribution in [-0.4, -0.2) is 23.8 Å². The molecule has 1 atom stereocenters. The van der Waals surface area contributed by atoms with Crippen LogP contribution in [0, 0.1) is 0 Å². The number of nitrogens with one attached hydrogen (secondary N) is 1. The Morgan fingerprint density at radius 2 is 2.17 bits per heavy atom. The molecule has 1 aliphatic heterocycles. The minimum absolute atomic E-state index is 0.0704. The van der Waals surface area contributed by atoms with Crippen molar-refractivity contribution in [1.82, 2.24) is 14.5 Å². The average molecular weight is 371 g/mol. The minimum Gasteiger partial charge on any atom is -0.487 e. The van der Waals surface area contributed by atoms with Crippen LogP contribution in [0.15, 0.2) is 29.4 Å². The number of halogens is 1. The van der Waals surface area contributed by atoms with Gasteiger partial charge in [0.2, 0.25) is 0 Å². The van der Waals surface area contributed by atoms with E-state index in [2.05, 4.69) is 9.82 Å². The second-order valence-corrected chi connectivity index (χ2v) is 8.49. The van der Waals surface area contributed by atoms with E-state index >= 15 is 0 Å². The quantitative estimate of drug-likeness (QED) is 0.807. The van der Waals surface area contributed by atoms with Crippen molar-refractivity contribution in [3.05, 3.63) is 35.0 Å². The first kappa shape index (κ1) is 17.1. The number of fused-ring (bicyclic) bond motifs is 1. The molecule has 0 aliphatic carbocycles. The SMILES string of the molecule is Cn1ncc(Cl)c1S(=O)(=O)NC1CC(C)(C)Oc2ccc(N)cc21. The largest absolute Gasteiger partial charge is 0.487 e. The highest BCUT2D eigenvalue weighted by atomic mass is 35.5. The van der Waals surface area contributed by atoms with Gasteiger partial charge in [-0.25, -0.2) is 13.1 Å². The van der Waals surface area contributed by atoms with Gasteiger partial charge in [0.25, 0.3) is 10.0 Å². The number of hydrogen-bond acceptors (Lipinski definition) is 5. The van der Waals surface area contributed by atoms with E-state index in [1.54, 1.807) is 18.2 Å². The molecule has 7 nitrogen and oxygen atoms in total. The molecule has 0 saturated heterocycles. The maximum atomic E-state index is 12.8. The lowest BCUT2D eigenvalue weighted by atomic mass is 9.90. The number of nitrogens with two attached hydrogens (primary N) is 1. The van der Waals surface area contributed by atoms with Crippen molar-refractivity contribution in [2.24, 2.45) is 7.05 Å². The van der Waals surface area contributed by atoms with Crippen LogP contribution in [0.5, 0.6) is 5.75 Å². The number of aromatic nitrogens is 2. The number of ether oxygens (including phenoxy) is 1. The monoisotopic (exact) mass is 370 g/mol. The van der Waals surface area contributed by atoms with Crippen molar-refractivity contribution in [3.8, 4) is 5.75 Å². The summed E-state index contributed by atoms with van der Waals surface area (Å²) in [6.45, 7) is 3.81. The maximum Gasteiger partial charge on any atom is 0.259 e. The molecular weight excluding hydrogens is 352 g/mol. The fraction of sp³-hybridized carbons (Fsp3) is 0.400. The van der Waals surface area contributed by atoms with Crippen LogP contribution in [-0.2, 0) is 17.1 Å². The molecule has 0 spiro atoms. The van der Waals surface area contributed by atoms with E-state index in [0.29, 0.717) is 23.4 Å². The maximum absolute atomic E-state index is 12.8. The van der Waals surface area contributed by atoms with Crippen LogP contribution in [0.3, 0.4) is 0 Å². The van der Waals surface area contributed by atoms with Crippen molar-refractivity contribution in [3.63, 3.8) is 0 Å². The van der Waals surface area contributed by atoms with E-state index < -0.39 is 21.7 Å². The molecule has 2 aromatic rings. The van der Waals surface area contributed by atoms with E-state index in [9.17, 15) is 8.42 Å². The summed E-state index contributed by atoms with van der Waals surface area (Å²) in [5, 5.41) is 3.89. The number of sulfonamides is 1. The summed E-state index contributed by atoms with van der Waals surface area (Å²) in [5.41, 5.74) is 6.58. The Morgan fingerprint density at radius 1 is 1.46 bits per heavy atom. The summed E-state index contributed by atoms with van der Waals surface area (Å²) in [5.74, 6) is 0.615. The van der Waals surface area contributed by atoms with Gasteiger partial charge in [-0.3, -0.25) is 4.68 Å². The van der Waals surface area contributed by atoms with Gasteiger partial charge in [-0.05, 0) is 32.0 Å². The van der Waals surface area contributed by atoms with E-state index in [0.717, 1.165) is 0 Å². The zero-order valence-electron chi connectivity index (χ0n) is 13.6. The molecule has 1 aromatic heterocycles. The highest BCUT2D eigenvalue weighted by molar-refractivity contribution is 7.89. The first-order valence-corrected chi connectivity index (χ1v) is 9.23. The molecule has 0 saturated carbocycles. The number of hydrogen-bond donors (Lipinski definition) is 2. The Kier molecular flexibility index (Phi) is 4.01. The molecule has 1 aromatic carbocycles. The second-order valence-electron chi connectivity index (χ2n) is 6.46. The van der Waals surface area contributed by atoms with Crippen molar-refractivity contribution in [1.29, 1.82) is 0 Å². The Bertz CT molecular complexity index is 873. The van der Waals surface area contributed by atoms with E-state index in [-0.39, 0.29) is 10.0 Å². The molecule has 130 valence electrons. The van der Waals surface area contributed by atoms with Gasteiger partial charge < -0.3 is 10.5 Å². The molecule has 9 heteroatoms. The van der Waals surface area contributed by atoms with Crippen LogP contribution in [0.25, 0.3) is 0 Å². The predicted molar refractivity (Wildman–Crippen MR) is 91.5 cm³/mol. The average Bonchev–Trinajstić information content (AvgIpc) is 2.78. The molecule has 3 rings (SSSR count). The summed E-state index contributed by atoms with van der Waals surface area (Å²) in [7, 11) is -2.33. The zero-order chi connectivity index (χ0) is 17.7. The van der Waals surface area contributed by atoms with Gasteiger partial charge in [0.15, 0.2) is 5.03 Å². The highest BCUT2D eigenvalue weighted by Gasteiger charge is 2.37. The van der Waals surface area contributed by atoms with Gasteiger partial charge in [-0.2, -0.15) is 5.10 Å². The van der Waals surface area contributed by atoms with Crippen LogP contribution in [0.4, 0.5) is 5.69 Å². The molecule has 1 aliphatic rings. The summed E-state index contributed by atoms with van der Waals surface area (Å²) in [6.07, 6.45) is 1.76. The standard InChI is InChI=1S/C15H19ClN4O3S/c1-15(2)7-12(10-6-9(17)4-5-13(10)23-15)19-24(21,22)14-11(16)8-18-20(14)3/h4-6,8,12,19H,7,17H2,1-3H3. The van der Waals surface area contributed by atoms with Gasteiger partial charge in [0.1, 0.15) is 11.4 Å². The topological polar surface area (TPSA) is 99.2 Å². The molecular formula is C15H19ClN4O3S. The highest BCUT2D eigenvalue weighted by Crippen LogP contribution is 2.41. The molecule has 2 heterocycles. The van der Waals surface area contributed by atoms with Crippen molar-refractivity contribution in [2.75, 3.05) is 5.73 Å². The Morgan fingerprint density at radius 3 is 2.79 bits per heavy atom. The third kappa shape index (κ3) is 3.09. The fourth-order valence-corrected chi connectivity index (χ4v) is 4.79. The van der Waals surface area contributed by atoms with Crippen molar-refractivity contribution < 1.29 is 13.2 Å². The normalized spacial score (nSPS) is 19.6. The van der Waals surface area contributed by atoms with Crippen LogP contribution in [0.2, 0.25) is 5.02 Å². The molecule has 1 unspecified atom stereocenters. The molecule has 24 heavy (non-hydrogen) atoms. The molecule has 0 radical (unpaired) electrons. The number of aryl methyl sites for hydroxylation is 1. The van der Waals surface area contributed by atoms with E-state index in [1.165, 1.54) is 17.9 Å². The van der Waals surface area contributed by atoms with Crippen LogP contribution < -0.4 is 15.2 Å². The van der Waals surface area contributed by atoms with E-state index in [4.69, 9.17) is 22.1 Å². The third-order valence-electron chi connectivity index (χ3n) is 3.89.